The normalized spacial score (nSPS) is 14.2. The maximum atomic E-state index is 14.0. The van der Waals surface area contributed by atoms with E-state index in [9.17, 15) is 18.0 Å². The molecule has 4 aromatic carbocycles. The Bertz CT molecular complexity index is 1680. The van der Waals surface area contributed by atoms with Crippen LogP contribution in [0, 0.1) is 6.92 Å². The fourth-order valence-corrected chi connectivity index (χ4v) is 7.05. The fraction of sp³-hybridized carbons (Fsp3) is 0.314. The van der Waals surface area contributed by atoms with Crippen molar-refractivity contribution in [2.24, 2.45) is 0 Å². The molecule has 1 aliphatic rings. The Hall–Kier alpha value is -4.05. The molecule has 0 radical (unpaired) electrons. The van der Waals surface area contributed by atoms with Crippen molar-refractivity contribution < 1.29 is 22.7 Å². The summed E-state index contributed by atoms with van der Waals surface area (Å²) in [5.41, 5.74) is 2.73. The highest BCUT2D eigenvalue weighted by molar-refractivity contribution is 7.89. The lowest BCUT2D eigenvalue weighted by Gasteiger charge is -2.39. The average Bonchev–Trinajstić information content (AvgIpc) is 3.06. The van der Waals surface area contributed by atoms with Crippen molar-refractivity contribution in [2.45, 2.75) is 37.2 Å². The van der Waals surface area contributed by atoms with Gasteiger partial charge in [-0.2, -0.15) is 4.31 Å². The fourth-order valence-electron chi connectivity index (χ4n) is 5.66. The summed E-state index contributed by atoms with van der Waals surface area (Å²) in [6.45, 7) is 3.28. The Morgan fingerprint density at radius 1 is 0.864 bits per heavy atom. The monoisotopic (exact) mass is 613 g/mol. The van der Waals surface area contributed by atoms with Crippen molar-refractivity contribution in [1.82, 2.24) is 14.1 Å². The molecular formula is C35H39N3O5S. The lowest BCUT2D eigenvalue weighted by molar-refractivity contribution is -0.135. The van der Waals surface area contributed by atoms with E-state index in [2.05, 4.69) is 0 Å². The van der Waals surface area contributed by atoms with Crippen LogP contribution in [0.2, 0.25) is 0 Å². The van der Waals surface area contributed by atoms with E-state index in [0.29, 0.717) is 38.0 Å². The van der Waals surface area contributed by atoms with Gasteiger partial charge in [0.1, 0.15) is 0 Å². The van der Waals surface area contributed by atoms with Crippen LogP contribution in [0.4, 0.5) is 0 Å². The first-order chi connectivity index (χ1) is 21.3. The number of methoxy groups -OCH3 is 1. The number of hydrogen-bond donors (Lipinski definition) is 0. The van der Waals surface area contributed by atoms with Gasteiger partial charge in [0.15, 0.2) is 0 Å². The topological polar surface area (TPSA) is 87.2 Å². The molecule has 5 rings (SSSR count). The van der Waals surface area contributed by atoms with Crippen LogP contribution in [0.15, 0.2) is 102 Å². The Balaban J connectivity index is 1.34. The lowest BCUT2D eigenvalue weighted by atomic mass is 10.00. The van der Waals surface area contributed by atoms with Crippen LogP contribution in [-0.4, -0.2) is 80.3 Å². The zero-order valence-corrected chi connectivity index (χ0v) is 26.1. The van der Waals surface area contributed by atoms with Gasteiger partial charge in [0.2, 0.25) is 15.9 Å². The summed E-state index contributed by atoms with van der Waals surface area (Å²) in [6, 6.07) is 29.7. The van der Waals surface area contributed by atoms with E-state index in [1.807, 2.05) is 78.6 Å². The average molecular weight is 614 g/mol. The van der Waals surface area contributed by atoms with Crippen molar-refractivity contribution in [1.29, 1.82) is 0 Å². The number of ether oxygens (including phenoxy) is 1. The standard InChI is InChI=1S/C35H39N3O5S/c1-27-12-14-28(15-13-27)25-38(34(39)26-37(22-23-43-2)44(41,42)33-10-4-3-5-11-33)32-18-20-36(21-19-32)35(40)31-17-16-29-8-6-7-9-30(29)24-31/h3-17,24,32H,18-23,25-26H2,1-2H3. The van der Waals surface area contributed by atoms with E-state index in [1.165, 1.54) is 23.5 Å². The molecule has 44 heavy (non-hydrogen) atoms. The van der Waals surface area contributed by atoms with Gasteiger partial charge in [-0.05, 0) is 60.4 Å². The van der Waals surface area contributed by atoms with Crippen molar-refractivity contribution in [3.63, 3.8) is 0 Å². The molecule has 0 atom stereocenters. The number of sulfonamides is 1. The summed E-state index contributed by atoms with van der Waals surface area (Å²) < 4.78 is 33.5. The number of likely N-dealkylation sites (tertiary alicyclic amines) is 1. The van der Waals surface area contributed by atoms with Crippen LogP contribution in [-0.2, 0) is 26.1 Å². The number of piperidine rings is 1. The van der Waals surface area contributed by atoms with Crippen LogP contribution >= 0.6 is 0 Å². The number of carbonyl (C=O) groups is 2. The molecule has 8 nitrogen and oxygen atoms in total. The summed E-state index contributed by atoms with van der Waals surface area (Å²) in [7, 11) is -2.42. The summed E-state index contributed by atoms with van der Waals surface area (Å²) >= 11 is 0. The Morgan fingerprint density at radius 2 is 1.52 bits per heavy atom. The second-order valence-electron chi connectivity index (χ2n) is 11.2. The zero-order chi connectivity index (χ0) is 31.1. The molecule has 0 spiro atoms. The molecule has 2 amide bonds. The van der Waals surface area contributed by atoms with E-state index in [4.69, 9.17) is 4.74 Å². The number of nitrogens with zero attached hydrogens (tertiary/aromatic N) is 3. The molecule has 0 N–H and O–H groups in total. The third kappa shape index (κ3) is 7.35. The molecule has 4 aromatic rings. The first-order valence-corrected chi connectivity index (χ1v) is 16.4. The second kappa shape index (κ2) is 14.2. The van der Waals surface area contributed by atoms with Crippen LogP contribution in [0.3, 0.4) is 0 Å². The smallest absolute Gasteiger partial charge is 0.253 e. The van der Waals surface area contributed by atoms with E-state index in [1.54, 1.807) is 23.1 Å². The van der Waals surface area contributed by atoms with Crippen LogP contribution in [0.5, 0.6) is 0 Å². The summed E-state index contributed by atoms with van der Waals surface area (Å²) in [4.78, 5) is 31.2. The van der Waals surface area contributed by atoms with E-state index < -0.39 is 10.0 Å². The third-order valence-corrected chi connectivity index (χ3v) is 10.1. The van der Waals surface area contributed by atoms with Gasteiger partial charge in [-0.25, -0.2) is 8.42 Å². The summed E-state index contributed by atoms with van der Waals surface area (Å²) in [6.07, 6.45) is 1.20. The number of carbonyl (C=O) groups excluding carboxylic acids is 2. The number of hydrogen-bond acceptors (Lipinski definition) is 5. The zero-order valence-electron chi connectivity index (χ0n) is 25.3. The number of aryl methyl sites for hydroxylation is 1. The highest BCUT2D eigenvalue weighted by Gasteiger charge is 2.33. The number of fused-ring (bicyclic) bond motifs is 1. The largest absolute Gasteiger partial charge is 0.383 e. The maximum absolute atomic E-state index is 14.0. The van der Waals surface area contributed by atoms with Gasteiger partial charge in [-0.15, -0.1) is 0 Å². The van der Waals surface area contributed by atoms with Gasteiger partial charge >= 0.3 is 0 Å². The molecular weight excluding hydrogens is 574 g/mol. The van der Waals surface area contributed by atoms with Crippen molar-refractivity contribution >= 4 is 32.6 Å². The Labute approximate surface area is 259 Å². The van der Waals surface area contributed by atoms with Crippen molar-refractivity contribution in [2.75, 3.05) is 39.9 Å². The number of rotatable bonds is 11. The molecule has 1 saturated heterocycles. The Morgan fingerprint density at radius 3 is 2.20 bits per heavy atom. The minimum atomic E-state index is -3.92. The Kier molecular flexibility index (Phi) is 10.1. The highest BCUT2D eigenvalue weighted by atomic mass is 32.2. The molecule has 0 bridgehead atoms. The van der Waals surface area contributed by atoms with Crippen LogP contribution in [0.1, 0.15) is 34.3 Å². The number of benzene rings is 4. The molecule has 0 unspecified atom stereocenters. The predicted molar refractivity (Wildman–Crippen MR) is 172 cm³/mol. The highest BCUT2D eigenvalue weighted by Crippen LogP contribution is 2.24. The lowest BCUT2D eigenvalue weighted by Crippen LogP contribution is -2.51. The van der Waals surface area contributed by atoms with Gasteiger partial charge in [-0.1, -0.05) is 78.4 Å². The van der Waals surface area contributed by atoms with Gasteiger partial charge in [0.25, 0.3) is 5.91 Å². The quantitative estimate of drug-likeness (QED) is 0.235. The summed E-state index contributed by atoms with van der Waals surface area (Å²) in [5.74, 6) is -0.300. The van der Waals surface area contributed by atoms with Crippen LogP contribution < -0.4 is 0 Å². The van der Waals surface area contributed by atoms with Gasteiger partial charge in [-0.3, -0.25) is 9.59 Å². The van der Waals surface area contributed by atoms with Crippen molar-refractivity contribution in [3.05, 3.63) is 114 Å². The molecule has 0 aromatic heterocycles. The van der Waals surface area contributed by atoms with E-state index >= 15 is 0 Å². The first-order valence-electron chi connectivity index (χ1n) is 14.9. The molecule has 1 aliphatic heterocycles. The minimum Gasteiger partial charge on any atom is -0.383 e. The van der Waals surface area contributed by atoms with Gasteiger partial charge < -0.3 is 14.5 Å². The van der Waals surface area contributed by atoms with E-state index in [0.717, 1.165) is 21.9 Å². The van der Waals surface area contributed by atoms with Gasteiger partial charge in [0, 0.05) is 44.9 Å². The molecule has 9 heteroatoms. The van der Waals surface area contributed by atoms with Gasteiger partial charge in [0.05, 0.1) is 18.0 Å². The molecule has 0 saturated carbocycles. The maximum Gasteiger partial charge on any atom is 0.253 e. The van der Waals surface area contributed by atoms with Crippen LogP contribution in [0.25, 0.3) is 10.8 Å². The second-order valence-corrected chi connectivity index (χ2v) is 13.2. The first kappa shape index (κ1) is 31.4. The molecule has 1 heterocycles. The molecule has 0 aliphatic carbocycles. The van der Waals surface area contributed by atoms with E-state index in [-0.39, 0.29) is 42.4 Å². The minimum absolute atomic E-state index is 0.0229. The molecule has 230 valence electrons. The van der Waals surface area contributed by atoms with Crippen molar-refractivity contribution in [3.8, 4) is 0 Å². The number of amides is 2. The predicted octanol–water partition coefficient (Wildman–Crippen LogP) is 5.12. The summed E-state index contributed by atoms with van der Waals surface area (Å²) in [5, 5.41) is 2.11. The third-order valence-electron chi connectivity index (χ3n) is 8.22. The SMILES string of the molecule is COCCN(CC(=O)N(Cc1ccc(C)cc1)C1CCN(C(=O)c2ccc3ccccc3c2)CC1)S(=O)(=O)c1ccccc1. The molecule has 1 fully saturated rings.